The van der Waals surface area contributed by atoms with Gasteiger partial charge in [-0.05, 0) is 35.9 Å². The summed E-state index contributed by atoms with van der Waals surface area (Å²) in [4.78, 5) is 15.3. The predicted octanol–water partition coefficient (Wildman–Crippen LogP) is 4.42. The zero-order valence-electron chi connectivity index (χ0n) is 10.8. The van der Waals surface area contributed by atoms with E-state index in [0.29, 0.717) is 6.42 Å². The van der Waals surface area contributed by atoms with Gasteiger partial charge in [-0.2, -0.15) is 0 Å². The van der Waals surface area contributed by atoms with Crippen LogP contribution in [-0.4, -0.2) is 22.7 Å². The Morgan fingerprint density at radius 1 is 1.42 bits per heavy atom. The summed E-state index contributed by atoms with van der Waals surface area (Å²) in [6, 6.07) is 10.3. The van der Waals surface area contributed by atoms with Crippen LogP contribution in [0.1, 0.15) is 25.7 Å². The first-order valence-electron chi connectivity index (χ1n) is 6.51. The minimum atomic E-state index is 0.260. The van der Waals surface area contributed by atoms with Crippen molar-refractivity contribution in [1.82, 2.24) is 4.90 Å². The number of carbonyl (C=O) groups excluding carboxylic acids is 1. The quantitative estimate of drug-likeness (QED) is 0.791. The molecule has 0 N–H and O–H groups in total. The van der Waals surface area contributed by atoms with Crippen molar-refractivity contribution in [1.29, 1.82) is 0 Å². The number of hydrogen-bond acceptors (Lipinski definition) is 2. The number of halogens is 1. The Bertz CT molecular complexity index is 449. The minimum Gasteiger partial charge on any atom is -0.330 e. The summed E-state index contributed by atoms with van der Waals surface area (Å²) in [6.45, 7) is 4.60. The van der Waals surface area contributed by atoms with Gasteiger partial charge in [0.1, 0.15) is 0 Å². The maximum Gasteiger partial charge on any atom is 0.223 e. The van der Waals surface area contributed by atoms with Crippen LogP contribution in [0, 0.1) is 0 Å². The van der Waals surface area contributed by atoms with Crippen LogP contribution >= 0.6 is 27.7 Å². The highest BCUT2D eigenvalue weighted by Crippen LogP contribution is 2.33. The molecule has 2 rings (SSSR count). The molecule has 1 heterocycles. The van der Waals surface area contributed by atoms with Crippen molar-refractivity contribution in [2.75, 3.05) is 6.54 Å². The van der Waals surface area contributed by atoms with Crippen molar-refractivity contribution in [3.63, 3.8) is 0 Å². The second kappa shape index (κ2) is 7.15. The Hall–Kier alpha value is -0.740. The molecule has 0 aromatic heterocycles. The predicted molar refractivity (Wildman–Crippen MR) is 84.3 cm³/mol. The SMILES string of the molecule is C=C(Br)CCN1C(=O)CCCC1Sc1ccccc1. The summed E-state index contributed by atoms with van der Waals surface area (Å²) in [5.41, 5.74) is 0. The van der Waals surface area contributed by atoms with Crippen LogP contribution in [0.2, 0.25) is 0 Å². The van der Waals surface area contributed by atoms with E-state index in [2.05, 4.69) is 34.6 Å². The first-order valence-corrected chi connectivity index (χ1v) is 8.18. The first kappa shape index (κ1) is 14.7. The molecule has 1 aromatic carbocycles. The van der Waals surface area contributed by atoms with Crippen molar-refractivity contribution in [2.45, 2.75) is 36.0 Å². The summed E-state index contributed by atoms with van der Waals surface area (Å²) in [5.74, 6) is 0.272. The van der Waals surface area contributed by atoms with Gasteiger partial charge >= 0.3 is 0 Å². The normalized spacial score (nSPS) is 19.5. The molecule has 1 aliphatic rings. The summed E-state index contributed by atoms with van der Waals surface area (Å²) in [7, 11) is 0. The molecule has 0 bridgehead atoms. The third-order valence-electron chi connectivity index (χ3n) is 3.15. The molecule has 0 saturated carbocycles. The molecule has 1 unspecified atom stereocenters. The van der Waals surface area contributed by atoms with E-state index in [1.165, 1.54) is 4.90 Å². The molecule has 1 saturated heterocycles. The Morgan fingerprint density at radius 2 is 2.16 bits per heavy atom. The van der Waals surface area contributed by atoms with Crippen LogP contribution in [0.4, 0.5) is 0 Å². The van der Waals surface area contributed by atoms with Crippen LogP contribution in [0.15, 0.2) is 46.3 Å². The number of rotatable bonds is 5. The fourth-order valence-corrected chi connectivity index (χ4v) is 3.62. The van der Waals surface area contributed by atoms with E-state index in [0.717, 1.165) is 30.3 Å². The number of hydrogen-bond donors (Lipinski definition) is 0. The number of thioether (sulfide) groups is 1. The lowest BCUT2D eigenvalue weighted by molar-refractivity contribution is -0.134. The van der Waals surface area contributed by atoms with Gasteiger partial charge in [0.15, 0.2) is 0 Å². The van der Waals surface area contributed by atoms with Gasteiger partial charge < -0.3 is 4.90 Å². The number of benzene rings is 1. The number of nitrogens with zero attached hydrogens (tertiary/aromatic N) is 1. The van der Waals surface area contributed by atoms with Crippen LogP contribution in [-0.2, 0) is 4.79 Å². The van der Waals surface area contributed by atoms with Gasteiger partial charge in [-0.25, -0.2) is 0 Å². The molecule has 102 valence electrons. The van der Waals surface area contributed by atoms with Gasteiger partial charge in [0.25, 0.3) is 0 Å². The molecule has 1 aromatic rings. The maximum atomic E-state index is 12.1. The first-order chi connectivity index (χ1) is 9.16. The lowest BCUT2D eigenvalue weighted by atomic mass is 10.1. The number of carbonyl (C=O) groups is 1. The van der Waals surface area contributed by atoms with E-state index in [1.807, 2.05) is 23.1 Å². The van der Waals surface area contributed by atoms with Crippen LogP contribution < -0.4 is 0 Å². The third kappa shape index (κ3) is 4.39. The van der Waals surface area contributed by atoms with E-state index in [4.69, 9.17) is 0 Å². The van der Waals surface area contributed by atoms with Gasteiger partial charge in [-0.3, -0.25) is 4.79 Å². The highest BCUT2D eigenvalue weighted by Gasteiger charge is 2.28. The molecule has 1 aliphatic heterocycles. The Labute approximate surface area is 127 Å². The van der Waals surface area contributed by atoms with Gasteiger partial charge in [-0.15, -0.1) is 11.8 Å². The number of piperidine rings is 1. The van der Waals surface area contributed by atoms with Crippen molar-refractivity contribution in [3.8, 4) is 0 Å². The topological polar surface area (TPSA) is 20.3 Å². The number of likely N-dealkylation sites (tertiary alicyclic amines) is 1. The van der Waals surface area contributed by atoms with Gasteiger partial charge in [0.05, 0.1) is 5.37 Å². The highest BCUT2D eigenvalue weighted by molar-refractivity contribution is 9.11. The second-order valence-corrected chi connectivity index (χ2v) is 7.00. The molecule has 0 spiro atoms. The van der Waals surface area contributed by atoms with E-state index in [1.54, 1.807) is 11.8 Å². The van der Waals surface area contributed by atoms with Gasteiger partial charge in [-0.1, -0.05) is 40.7 Å². The van der Waals surface area contributed by atoms with E-state index < -0.39 is 0 Å². The van der Waals surface area contributed by atoms with Crippen LogP contribution in [0.3, 0.4) is 0 Å². The fourth-order valence-electron chi connectivity index (χ4n) is 2.18. The summed E-state index contributed by atoms with van der Waals surface area (Å²) < 4.78 is 0.953. The van der Waals surface area contributed by atoms with Crippen molar-refractivity contribution < 1.29 is 4.79 Å². The molecule has 1 atom stereocenters. The highest BCUT2D eigenvalue weighted by atomic mass is 79.9. The van der Waals surface area contributed by atoms with Gasteiger partial charge in [0, 0.05) is 17.9 Å². The Kier molecular flexibility index (Phi) is 5.52. The lowest BCUT2D eigenvalue weighted by Gasteiger charge is -2.35. The average molecular weight is 340 g/mol. The average Bonchev–Trinajstić information content (AvgIpc) is 2.39. The zero-order chi connectivity index (χ0) is 13.7. The molecule has 0 aliphatic carbocycles. The smallest absolute Gasteiger partial charge is 0.223 e. The second-order valence-electron chi connectivity index (χ2n) is 4.63. The lowest BCUT2D eigenvalue weighted by Crippen LogP contribution is -2.42. The van der Waals surface area contributed by atoms with Crippen LogP contribution in [0.25, 0.3) is 0 Å². The summed E-state index contributed by atoms with van der Waals surface area (Å²) in [6.07, 6.45) is 3.56. The minimum absolute atomic E-state index is 0.260. The van der Waals surface area contributed by atoms with E-state index in [-0.39, 0.29) is 11.3 Å². The third-order valence-corrected chi connectivity index (χ3v) is 4.85. The van der Waals surface area contributed by atoms with Crippen molar-refractivity contribution >= 4 is 33.6 Å². The maximum absolute atomic E-state index is 12.1. The van der Waals surface area contributed by atoms with E-state index >= 15 is 0 Å². The monoisotopic (exact) mass is 339 g/mol. The van der Waals surface area contributed by atoms with Gasteiger partial charge in [0.2, 0.25) is 5.91 Å². The molecule has 2 nitrogen and oxygen atoms in total. The Balaban J connectivity index is 2.02. The summed E-state index contributed by atoms with van der Waals surface area (Å²) >= 11 is 5.16. The Morgan fingerprint density at radius 3 is 2.84 bits per heavy atom. The largest absolute Gasteiger partial charge is 0.330 e. The molecular formula is C15H18BrNOS. The summed E-state index contributed by atoms with van der Waals surface area (Å²) in [5, 5.41) is 0.260. The zero-order valence-corrected chi connectivity index (χ0v) is 13.3. The molecule has 1 amide bonds. The van der Waals surface area contributed by atoms with Crippen molar-refractivity contribution in [3.05, 3.63) is 41.4 Å². The van der Waals surface area contributed by atoms with Crippen molar-refractivity contribution in [2.24, 2.45) is 0 Å². The van der Waals surface area contributed by atoms with Crippen LogP contribution in [0.5, 0.6) is 0 Å². The molecule has 4 heteroatoms. The fraction of sp³-hybridized carbons (Fsp3) is 0.400. The molecule has 19 heavy (non-hydrogen) atoms. The molecule has 1 fully saturated rings. The van der Waals surface area contributed by atoms with E-state index in [9.17, 15) is 4.79 Å². The number of amides is 1. The molecule has 0 radical (unpaired) electrons. The standard InChI is InChI=1S/C15H18BrNOS/c1-12(16)10-11-17-14(18)8-5-9-15(17)19-13-6-3-2-4-7-13/h2-4,6-7,15H,1,5,8-11H2. The molecular weight excluding hydrogens is 322 g/mol.